The molecule has 0 radical (unpaired) electrons. The Morgan fingerprint density at radius 1 is 0.952 bits per heavy atom. The van der Waals surface area contributed by atoms with Crippen molar-refractivity contribution in [1.82, 2.24) is 9.34 Å². The first-order valence-electron chi connectivity index (χ1n) is 8.29. The van der Waals surface area contributed by atoms with Gasteiger partial charge in [0.2, 0.25) is 0 Å². The van der Waals surface area contributed by atoms with Crippen molar-refractivity contribution in [2.24, 2.45) is 11.8 Å². The molecule has 3 unspecified atom stereocenters. The van der Waals surface area contributed by atoms with Crippen LogP contribution in [-0.4, -0.2) is 45.9 Å². The second-order valence-electron chi connectivity index (χ2n) is 8.88. The largest absolute Gasteiger partial charge is 0.309 e. The van der Waals surface area contributed by atoms with E-state index in [1.807, 2.05) is 0 Å². The van der Waals surface area contributed by atoms with Gasteiger partial charge in [0.25, 0.3) is 0 Å². The van der Waals surface area contributed by atoms with E-state index in [1.165, 1.54) is 19.3 Å². The molecule has 2 aliphatic carbocycles. The monoisotopic (exact) mass is 311 g/mol. The zero-order chi connectivity index (χ0) is 16.2. The average molecular weight is 311 g/mol. The summed E-state index contributed by atoms with van der Waals surface area (Å²) in [6, 6.07) is 0. The van der Waals surface area contributed by atoms with Gasteiger partial charge >= 0.3 is 0 Å². The van der Waals surface area contributed by atoms with Crippen LogP contribution in [0, 0.1) is 17.2 Å². The number of fused-ring (bicyclic) bond motifs is 2. The highest BCUT2D eigenvalue weighted by molar-refractivity contribution is 7.54. The molecular formula is C17H34N3P. The molecule has 0 aromatic heterocycles. The third-order valence-corrected chi connectivity index (χ3v) is 9.11. The van der Waals surface area contributed by atoms with Crippen molar-refractivity contribution in [3.05, 3.63) is 0 Å². The maximum atomic E-state index is 8.68. The van der Waals surface area contributed by atoms with Gasteiger partial charge in [-0.05, 0) is 86.7 Å². The highest BCUT2D eigenvalue weighted by Crippen LogP contribution is 2.62. The molecule has 0 aromatic carbocycles. The minimum Gasteiger partial charge on any atom is -0.309 e. The molecule has 2 fully saturated rings. The van der Waals surface area contributed by atoms with Crippen molar-refractivity contribution in [2.45, 2.75) is 77.5 Å². The Morgan fingerprint density at radius 3 is 1.76 bits per heavy atom. The summed E-state index contributed by atoms with van der Waals surface area (Å²) in [6.45, 7) is 13.8. The topological polar surface area (TPSA) is 30.3 Å². The zero-order valence-corrected chi connectivity index (χ0v) is 16.1. The molecule has 2 bridgehead atoms. The van der Waals surface area contributed by atoms with Crippen LogP contribution in [0.1, 0.15) is 60.8 Å². The van der Waals surface area contributed by atoms with Crippen LogP contribution in [0.5, 0.6) is 0 Å². The fourth-order valence-electron chi connectivity index (χ4n) is 3.58. The Balaban J connectivity index is 2.35. The standard InChI is InChI=1S/C17H34N3P/c1-16(2,3)19(7)21(20(8)17(4,5)6)15-13-10-9-12(11-13)14(15)18/h12-13,15,18H,9-11H2,1-8H3. The van der Waals surface area contributed by atoms with E-state index >= 15 is 0 Å². The minimum absolute atomic E-state index is 0.146. The fraction of sp³-hybridized carbons (Fsp3) is 0.941. The summed E-state index contributed by atoms with van der Waals surface area (Å²) in [5.74, 6) is 1.34. The molecule has 0 heterocycles. The smallest absolute Gasteiger partial charge is 0.0493 e. The summed E-state index contributed by atoms with van der Waals surface area (Å²) >= 11 is 0. The predicted molar refractivity (Wildman–Crippen MR) is 94.3 cm³/mol. The molecular weight excluding hydrogens is 277 g/mol. The Morgan fingerprint density at radius 2 is 1.43 bits per heavy atom. The van der Waals surface area contributed by atoms with Gasteiger partial charge in [0.15, 0.2) is 0 Å². The predicted octanol–water partition coefficient (Wildman–Crippen LogP) is 4.58. The maximum Gasteiger partial charge on any atom is 0.0493 e. The van der Waals surface area contributed by atoms with Gasteiger partial charge in [-0.2, -0.15) is 0 Å². The van der Waals surface area contributed by atoms with Crippen LogP contribution in [0.2, 0.25) is 0 Å². The second kappa shape index (κ2) is 5.58. The number of nitrogens with zero attached hydrogens (tertiary/aromatic N) is 2. The molecule has 122 valence electrons. The first-order valence-corrected chi connectivity index (χ1v) is 9.61. The number of hydrogen-bond acceptors (Lipinski definition) is 3. The van der Waals surface area contributed by atoms with E-state index in [-0.39, 0.29) is 11.1 Å². The summed E-state index contributed by atoms with van der Waals surface area (Å²) in [4.78, 5) is 0. The van der Waals surface area contributed by atoms with Gasteiger partial charge in [0.1, 0.15) is 0 Å². The summed E-state index contributed by atoms with van der Waals surface area (Å²) in [5, 5.41) is 8.68. The first-order chi connectivity index (χ1) is 9.44. The first kappa shape index (κ1) is 17.4. The van der Waals surface area contributed by atoms with Crippen LogP contribution < -0.4 is 0 Å². The molecule has 2 aliphatic rings. The SMILES string of the molecule is CN(P(C1C(=N)C2CCC1C2)N(C)C(C)(C)C)C(C)(C)C. The molecule has 4 heteroatoms. The highest BCUT2D eigenvalue weighted by Gasteiger charge is 2.51. The van der Waals surface area contributed by atoms with Crippen LogP contribution in [0.4, 0.5) is 0 Å². The molecule has 0 saturated heterocycles. The Labute approximate surface area is 132 Å². The van der Waals surface area contributed by atoms with Gasteiger partial charge in [0, 0.05) is 30.7 Å². The Hall–Kier alpha value is 0.0200. The van der Waals surface area contributed by atoms with E-state index in [4.69, 9.17) is 5.41 Å². The number of hydrogen-bond donors (Lipinski definition) is 1. The van der Waals surface area contributed by atoms with Gasteiger partial charge in [0.05, 0.1) is 0 Å². The van der Waals surface area contributed by atoms with Gasteiger partial charge in [-0.15, -0.1) is 0 Å². The molecule has 0 aliphatic heterocycles. The van der Waals surface area contributed by atoms with Crippen molar-refractivity contribution in [2.75, 3.05) is 14.1 Å². The van der Waals surface area contributed by atoms with Crippen molar-refractivity contribution in [3.8, 4) is 0 Å². The lowest BCUT2D eigenvalue weighted by Crippen LogP contribution is -2.48. The average Bonchev–Trinajstić information content (AvgIpc) is 2.89. The Kier molecular flexibility index (Phi) is 4.62. The molecule has 0 aromatic rings. The minimum atomic E-state index is -0.472. The van der Waals surface area contributed by atoms with Gasteiger partial charge in [-0.3, -0.25) is 9.34 Å². The summed E-state index contributed by atoms with van der Waals surface area (Å²) in [6.07, 6.45) is 3.88. The summed E-state index contributed by atoms with van der Waals surface area (Å²) in [5.41, 5.74) is 1.83. The second-order valence-corrected chi connectivity index (χ2v) is 11.3. The molecule has 3 nitrogen and oxygen atoms in total. The lowest BCUT2D eigenvalue weighted by molar-refractivity contribution is 0.245. The molecule has 2 rings (SSSR count). The lowest BCUT2D eigenvalue weighted by Gasteiger charge is -2.51. The van der Waals surface area contributed by atoms with E-state index in [9.17, 15) is 0 Å². The van der Waals surface area contributed by atoms with Crippen LogP contribution in [0.3, 0.4) is 0 Å². The molecule has 1 N–H and O–H groups in total. The quantitative estimate of drug-likeness (QED) is 0.773. The molecule has 0 amide bonds. The van der Waals surface area contributed by atoms with Gasteiger partial charge < -0.3 is 5.41 Å². The van der Waals surface area contributed by atoms with Gasteiger partial charge in [-0.1, -0.05) is 0 Å². The van der Waals surface area contributed by atoms with E-state index in [1.54, 1.807) is 0 Å². The van der Waals surface area contributed by atoms with Crippen LogP contribution >= 0.6 is 8.22 Å². The van der Waals surface area contributed by atoms with Gasteiger partial charge in [-0.25, -0.2) is 0 Å². The van der Waals surface area contributed by atoms with E-state index < -0.39 is 8.22 Å². The number of nitrogens with one attached hydrogen (secondary N) is 1. The zero-order valence-electron chi connectivity index (χ0n) is 15.2. The van der Waals surface area contributed by atoms with Crippen LogP contribution in [0.25, 0.3) is 0 Å². The van der Waals surface area contributed by atoms with Crippen molar-refractivity contribution < 1.29 is 0 Å². The van der Waals surface area contributed by atoms with Crippen molar-refractivity contribution >= 4 is 13.9 Å². The maximum absolute atomic E-state index is 8.68. The van der Waals surface area contributed by atoms with E-state index in [0.29, 0.717) is 11.6 Å². The van der Waals surface area contributed by atoms with Crippen LogP contribution in [-0.2, 0) is 0 Å². The number of rotatable bonds is 3. The van der Waals surface area contributed by atoms with E-state index in [2.05, 4.69) is 65.0 Å². The summed E-state index contributed by atoms with van der Waals surface area (Å²) in [7, 11) is 4.07. The third kappa shape index (κ3) is 3.21. The Bertz CT molecular complexity index is 387. The highest BCUT2D eigenvalue weighted by atomic mass is 31.1. The van der Waals surface area contributed by atoms with Crippen molar-refractivity contribution in [3.63, 3.8) is 0 Å². The van der Waals surface area contributed by atoms with Crippen LogP contribution in [0.15, 0.2) is 0 Å². The molecule has 0 spiro atoms. The van der Waals surface area contributed by atoms with Crippen molar-refractivity contribution in [1.29, 1.82) is 5.41 Å². The fourth-order valence-corrected chi connectivity index (χ4v) is 7.07. The summed E-state index contributed by atoms with van der Waals surface area (Å²) < 4.78 is 5.13. The van der Waals surface area contributed by atoms with E-state index in [0.717, 1.165) is 11.6 Å². The normalized spacial score (nSPS) is 30.2. The molecule has 2 saturated carbocycles. The lowest BCUT2D eigenvalue weighted by atomic mass is 9.98. The molecule has 21 heavy (non-hydrogen) atoms. The third-order valence-electron chi connectivity index (χ3n) is 5.48. The molecule has 3 atom stereocenters.